The molecule has 0 saturated heterocycles. The van der Waals surface area contributed by atoms with Crippen LogP contribution in [0.1, 0.15) is 122 Å². The van der Waals surface area contributed by atoms with Crippen molar-refractivity contribution in [3.8, 4) is 17.1 Å². The van der Waals surface area contributed by atoms with Crippen LogP contribution in [-0.2, 0) is 11.2 Å². The van der Waals surface area contributed by atoms with Crippen LogP contribution < -0.4 is 4.74 Å². The van der Waals surface area contributed by atoms with Crippen molar-refractivity contribution in [2.24, 2.45) is 11.8 Å². The van der Waals surface area contributed by atoms with Gasteiger partial charge in [-0.15, -0.1) is 6.58 Å². The molecule has 0 radical (unpaired) electrons. The van der Waals surface area contributed by atoms with Gasteiger partial charge >= 0.3 is 5.97 Å². The number of unbranched alkanes of at least 4 members (excludes halogenated alkanes) is 10. The van der Waals surface area contributed by atoms with Crippen LogP contribution in [0.4, 0.5) is 0 Å². The standard InChI is InChI=1S/C34H50N2O2/c1-3-5-7-9-11-13-15-17-29-26-35-33(36-27-29)30-22-24-32(25-23-30)38-34(37)31-20-18-28(19-21-31)16-14-12-10-8-6-4-2/h4,22-28,31H,2-3,5-21H2,1H3/t28-,31-. The van der Waals surface area contributed by atoms with Gasteiger partial charge in [-0.3, -0.25) is 4.79 Å². The Morgan fingerprint density at radius 1 is 0.868 bits per heavy atom. The Balaban J connectivity index is 1.34. The molecular formula is C34H50N2O2. The molecule has 208 valence electrons. The van der Waals surface area contributed by atoms with Crippen molar-refractivity contribution < 1.29 is 9.53 Å². The van der Waals surface area contributed by atoms with Crippen LogP contribution in [0.25, 0.3) is 11.4 Å². The fraction of sp³-hybridized carbons (Fsp3) is 0.618. The summed E-state index contributed by atoms with van der Waals surface area (Å²) in [5.74, 6) is 2.05. The summed E-state index contributed by atoms with van der Waals surface area (Å²) in [5, 5.41) is 0. The van der Waals surface area contributed by atoms with Gasteiger partial charge in [0.15, 0.2) is 5.82 Å². The van der Waals surface area contributed by atoms with Crippen molar-refractivity contribution in [3.05, 3.63) is 54.9 Å². The lowest BCUT2D eigenvalue weighted by atomic mass is 9.80. The summed E-state index contributed by atoms with van der Waals surface area (Å²) in [5.41, 5.74) is 2.14. The number of aryl methyl sites for hydroxylation is 1. The highest BCUT2D eigenvalue weighted by atomic mass is 16.5. The molecular weight excluding hydrogens is 468 g/mol. The molecule has 1 saturated carbocycles. The molecule has 0 spiro atoms. The van der Waals surface area contributed by atoms with Crippen LogP contribution in [0.15, 0.2) is 49.3 Å². The first-order valence-corrected chi connectivity index (χ1v) is 15.4. The number of esters is 1. The van der Waals surface area contributed by atoms with Gasteiger partial charge in [-0.1, -0.05) is 77.2 Å². The predicted molar refractivity (Wildman–Crippen MR) is 158 cm³/mol. The average molecular weight is 519 g/mol. The Morgan fingerprint density at radius 2 is 1.50 bits per heavy atom. The summed E-state index contributed by atoms with van der Waals surface area (Å²) in [6, 6.07) is 7.61. The van der Waals surface area contributed by atoms with Crippen LogP contribution >= 0.6 is 0 Å². The second-order valence-electron chi connectivity index (χ2n) is 11.2. The molecule has 2 aromatic rings. The average Bonchev–Trinajstić information content (AvgIpc) is 2.95. The Morgan fingerprint density at radius 3 is 2.18 bits per heavy atom. The SMILES string of the molecule is C=CCCCCCC[C@H]1CC[C@H](C(=O)Oc2ccc(-c3ncc(CCCCCCCCC)cn3)cc2)CC1. The van der Waals surface area contributed by atoms with E-state index in [1.807, 2.05) is 42.7 Å². The van der Waals surface area contributed by atoms with E-state index in [4.69, 9.17) is 4.74 Å². The number of nitrogens with zero attached hydrogens (tertiary/aromatic N) is 2. The van der Waals surface area contributed by atoms with Crippen LogP contribution in [0, 0.1) is 11.8 Å². The third kappa shape index (κ3) is 11.1. The van der Waals surface area contributed by atoms with Crippen molar-refractivity contribution in [3.63, 3.8) is 0 Å². The van der Waals surface area contributed by atoms with Gasteiger partial charge in [0.1, 0.15) is 5.75 Å². The van der Waals surface area contributed by atoms with Crippen molar-refractivity contribution in [2.75, 3.05) is 0 Å². The van der Waals surface area contributed by atoms with E-state index in [9.17, 15) is 4.79 Å². The second kappa shape index (κ2) is 17.9. The monoisotopic (exact) mass is 518 g/mol. The minimum absolute atomic E-state index is 0.0331. The number of carbonyl (C=O) groups excluding carboxylic acids is 1. The van der Waals surface area contributed by atoms with Gasteiger partial charge in [-0.05, 0) is 87.1 Å². The number of ether oxygens (including phenoxy) is 1. The first-order chi connectivity index (χ1) is 18.7. The third-order valence-corrected chi connectivity index (χ3v) is 8.06. The molecule has 1 aromatic heterocycles. The Labute approximate surface area is 231 Å². The molecule has 1 fully saturated rings. The quantitative estimate of drug-likeness (QED) is 0.0853. The van der Waals surface area contributed by atoms with Crippen molar-refractivity contribution in [2.45, 2.75) is 122 Å². The summed E-state index contributed by atoms with van der Waals surface area (Å²) in [6.07, 6.45) is 28.0. The van der Waals surface area contributed by atoms with E-state index in [0.717, 1.165) is 50.0 Å². The molecule has 0 bridgehead atoms. The van der Waals surface area contributed by atoms with Gasteiger partial charge in [0.05, 0.1) is 5.92 Å². The molecule has 1 heterocycles. The van der Waals surface area contributed by atoms with Crippen LogP contribution in [0.3, 0.4) is 0 Å². The summed E-state index contributed by atoms with van der Waals surface area (Å²) in [6.45, 7) is 6.05. The highest BCUT2D eigenvalue weighted by Gasteiger charge is 2.27. The number of allylic oxidation sites excluding steroid dienone is 1. The Bertz CT molecular complexity index is 915. The molecule has 0 unspecified atom stereocenters. The molecule has 38 heavy (non-hydrogen) atoms. The zero-order chi connectivity index (χ0) is 26.8. The van der Waals surface area contributed by atoms with E-state index in [2.05, 4.69) is 23.5 Å². The van der Waals surface area contributed by atoms with Gasteiger partial charge in [0, 0.05) is 18.0 Å². The molecule has 0 amide bonds. The second-order valence-corrected chi connectivity index (χ2v) is 11.2. The zero-order valence-corrected chi connectivity index (χ0v) is 23.8. The molecule has 0 N–H and O–H groups in total. The molecule has 4 heteroatoms. The van der Waals surface area contributed by atoms with E-state index < -0.39 is 0 Å². The topological polar surface area (TPSA) is 52.1 Å². The van der Waals surface area contributed by atoms with E-state index in [1.54, 1.807) is 0 Å². The normalized spacial score (nSPS) is 17.3. The number of carbonyl (C=O) groups is 1. The van der Waals surface area contributed by atoms with Crippen molar-refractivity contribution in [1.29, 1.82) is 0 Å². The van der Waals surface area contributed by atoms with Gasteiger partial charge in [0.25, 0.3) is 0 Å². The number of hydrogen-bond acceptors (Lipinski definition) is 4. The first kappa shape index (κ1) is 30.1. The highest BCUT2D eigenvalue weighted by molar-refractivity contribution is 5.75. The van der Waals surface area contributed by atoms with E-state index in [1.165, 1.54) is 82.6 Å². The smallest absolute Gasteiger partial charge is 0.314 e. The molecule has 1 aromatic carbocycles. The number of rotatable bonds is 18. The van der Waals surface area contributed by atoms with Gasteiger partial charge in [-0.2, -0.15) is 0 Å². The number of aromatic nitrogens is 2. The highest BCUT2D eigenvalue weighted by Crippen LogP contribution is 2.33. The fourth-order valence-corrected chi connectivity index (χ4v) is 5.55. The maximum absolute atomic E-state index is 12.7. The predicted octanol–water partition coefficient (Wildman–Crippen LogP) is 9.68. The molecule has 0 atom stereocenters. The summed E-state index contributed by atoms with van der Waals surface area (Å²) >= 11 is 0. The van der Waals surface area contributed by atoms with Crippen molar-refractivity contribution >= 4 is 5.97 Å². The van der Waals surface area contributed by atoms with Crippen molar-refractivity contribution in [1.82, 2.24) is 9.97 Å². The lowest BCUT2D eigenvalue weighted by Gasteiger charge is -2.27. The maximum atomic E-state index is 12.7. The third-order valence-electron chi connectivity index (χ3n) is 8.06. The van der Waals surface area contributed by atoms with E-state index in [0.29, 0.717) is 11.6 Å². The maximum Gasteiger partial charge on any atom is 0.314 e. The summed E-state index contributed by atoms with van der Waals surface area (Å²) in [4.78, 5) is 21.9. The first-order valence-electron chi connectivity index (χ1n) is 15.4. The molecule has 1 aliphatic carbocycles. The molecule has 3 rings (SSSR count). The lowest BCUT2D eigenvalue weighted by Crippen LogP contribution is -2.25. The number of benzene rings is 1. The van der Waals surface area contributed by atoms with Crippen LogP contribution in [0.2, 0.25) is 0 Å². The van der Waals surface area contributed by atoms with Gasteiger partial charge < -0.3 is 4.74 Å². The molecule has 0 aliphatic heterocycles. The van der Waals surface area contributed by atoms with E-state index in [-0.39, 0.29) is 11.9 Å². The summed E-state index contributed by atoms with van der Waals surface area (Å²) in [7, 11) is 0. The van der Waals surface area contributed by atoms with E-state index >= 15 is 0 Å². The minimum Gasteiger partial charge on any atom is -0.426 e. The lowest BCUT2D eigenvalue weighted by molar-refractivity contribution is -0.140. The Kier molecular flexibility index (Phi) is 14.2. The van der Waals surface area contributed by atoms with Crippen LogP contribution in [0.5, 0.6) is 5.75 Å². The minimum atomic E-state index is -0.0772. The summed E-state index contributed by atoms with van der Waals surface area (Å²) < 4.78 is 5.73. The zero-order valence-electron chi connectivity index (χ0n) is 23.8. The molecule has 4 nitrogen and oxygen atoms in total. The fourth-order valence-electron chi connectivity index (χ4n) is 5.55. The van der Waals surface area contributed by atoms with Crippen LogP contribution in [-0.4, -0.2) is 15.9 Å². The Hall–Kier alpha value is -2.49. The largest absolute Gasteiger partial charge is 0.426 e. The molecule has 1 aliphatic rings. The van der Waals surface area contributed by atoms with Gasteiger partial charge in [-0.25, -0.2) is 9.97 Å². The number of hydrogen-bond donors (Lipinski definition) is 0. The van der Waals surface area contributed by atoms with Gasteiger partial charge in [0.2, 0.25) is 0 Å².